The number of aromatic nitrogens is 3. The highest BCUT2D eigenvalue weighted by Gasteiger charge is 2.25. The molecule has 0 spiro atoms. The number of rotatable bonds is 4. The smallest absolute Gasteiger partial charge is 0.229 e. The zero-order valence-corrected chi connectivity index (χ0v) is 12.8. The van der Waals surface area contributed by atoms with Gasteiger partial charge in [-0.2, -0.15) is 5.10 Å². The van der Waals surface area contributed by atoms with Crippen molar-refractivity contribution in [1.29, 1.82) is 0 Å². The maximum Gasteiger partial charge on any atom is 0.229 e. The summed E-state index contributed by atoms with van der Waals surface area (Å²) in [5.41, 5.74) is 2.15. The lowest BCUT2D eigenvalue weighted by atomic mass is 9.96. The van der Waals surface area contributed by atoms with Crippen molar-refractivity contribution in [2.75, 3.05) is 18.4 Å². The average molecular weight is 305 g/mol. The van der Waals surface area contributed by atoms with Crippen molar-refractivity contribution in [3.05, 3.63) is 29.0 Å². The van der Waals surface area contributed by atoms with E-state index in [0.717, 1.165) is 43.9 Å². The van der Waals surface area contributed by atoms with Gasteiger partial charge in [-0.25, -0.2) is 4.98 Å². The third-order valence-corrected chi connectivity index (χ3v) is 4.45. The molecule has 0 radical (unpaired) electrons. The van der Waals surface area contributed by atoms with Crippen LogP contribution in [0.2, 0.25) is 0 Å². The van der Waals surface area contributed by atoms with Crippen LogP contribution in [0, 0.1) is 12.8 Å². The number of hydrogen-bond donors (Lipinski definition) is 2. The van der Waals surface area contributed by atoms with Crippen molar-refractivity contribution in [2.45, 2.75) is 26.3 Å². The Morgan fingerprint density at radius 2 is 2.33 bits per heavy atom. The van der Waals surface area contributed by atoms with Crippen molar-refractivity contribution < 1.29 is 4.79 Å². The minimum atomic E-state index is 0.0890. The summed E-state index contributed by atoms with van der Waals surface area (Å²) in [5.74, 6) is 0.186. The topological polar surface area (TPSA) is 73.9 Å². The van der Waals surface area contributed by atoms with Crippen LogP contribution >= 0.6 is 11.3 Å². The van der Waals surface area contributed by atoms with E-state index in [1.54, 1.807) is 6.20 Å². The summed E-state index contributed by atoms with van der Waals surface area (Å²) in [6.45, 7) is 4.72. The molecule has 0 aromatic carbocycles. The Morgan fingerprint density at radius 3 is 2.95 bits per heavy atom. The van der Waals surface area contributed by atoms with E-state index >= 15 is 0 Å². The zero-order chi connectivity index (χ0) is 14.7. The maximum atomic E-state index is 12.2. The van der Waals surface area contributed by atoms with Gasteiger partial charge in [0.25, 0.3) is 0 Å². The van der Waals surface area contributed by atoms with Gasteiger partial charge in [0.15, 0.2) is 5.13 Å². The van der Waals surface area contributed by atoms with Crippen molar-refractivity contribution in [2.24, 2.45) is 5.92 Å². The number of nitrogens with zero attached hydrogens (tertiary/aromatic N) is 3. The maximum absolute atomic E-state index is 12.2. The first kappa shape index (κ1) is 14.2. The molecule has 112 valence electrons. The number of carbonyl (C=O) groups excluding carboxylic acids is 1. The van der Waals surface area contributed by atoms with Crippen molar-refractivity contribution in [3.63, 3.8) is 0 Å². The first-order chi connectivity index (χ1) is 10.2. The minimum absolute atomic E-state index is 0.0890. The highest BCUT2D eigenvalue weighted by atomic mass is 32.1. The van der Waals surface area contributed by atoms with Gasteiger partial charge < -0.3 is 5.32 Å². The molecule has 1 saturated heterocycles. The second-order valence-electron chi connectivity index (χ2n) is 5.42. The van der Waals surface area contributed by atoms with Gasteiger partial charge in [0.1, 0.15) is 0 Å². The van der Waals surface area contributed by atoms with Gasteiger partial charge in [-0.05, 0) is 38.9 Å². The molecule has 2 aromatic heterocycles. The molecule has 3 rings (SSSR count). The van der Waals surface area contributed by atoms with E-state index in [1.807, 2.05) is 12.3 Å². The number of nitrogens with one attached hydrogen (secondary N) is 2. The van der Waals surface area contributed by atoms with Crippen LogP contribution in [-0.2, 0) is 11.3 Å². The average Bonchev–Trinajstić information content (AvgIpc) is 3.12. The Hall–Kier alpha value is -1.73. The van der Waals surface area contributed by atoms with Gasteiger partial charge in [0, 0.05) is 29.7 Å². The van der Waals surface area contributed by atoms with Crippen LogP contribution in [0.15, 0.2) is 17.6 Å². The highest BCUT2D eigenvalue weighted by molar-refractivity contribution is 7.13. The molecule has 3 heterocycles. The predicted octanol–water partition coefficient (Wildman–Crippen LogP) is 2.03. The second-order valence-corrected chi connectivity index (χ2v) is 6.31. The number of amides is 1. The van der Waals surface area contributed by atoms with Crippen LogP contribution in [0.3, 0.4) is 0 Å². The molecule has 0 unspecified atom stereocenters. The molecule has 7 heteroatoms. The molecule has 1 aliphatic heterocycles. The van der Waals surface area contributed by atoms with Crippen LogP contribution in [0.1, 0.15) is 24.2 Å². The summed E-state index contributed by atoms with van der Waals surface area (Å²) in [6, 6.07) is 2.07. The number of aryl methyl sites for hydroxylation is 1. The summed E-state index contributed by atoms with van der Waals surface area (Å²) in [5, 5.41) is 12.7. The Kier molecular flexibility index (Phi) is 4.31. The van der Waals surface area contributed by atoms with Crippen molar-refractivity contribution >= 4 is 22.4 Å². The molecule has 1 fully saturated rings. The summed E-state index contributed by atoms with van der Waals surface area (Å²) in [4.78, 5) is 18.6. The predicted molar refractivity (Wildman–Crippen MR) is 82.1 cm³/mol. The Balaban J connectivity index is 1.47. The molecule has 1 aliphatic rings. The standard InChI is InChI=1S/C14H19N5OS/c1-10-8-12(18-17-10)9-19-5-2-11(3-6-19)13(20)16-14-15-4-7-21-14/h4,7-8,11H,2-3,5-6,9H2,1H3,(H,17,18)(H,15,16,20). The monoisotopic (exact) mass is 305 g/mol. The largest absolute Gasteiger partial charge is 0.302 e. The van der Waals surface area contributed by atoms with E-state index in [1.165, 1.54) is 11.3 Å². The van der Waals surface area contributed by atoms with Gasteiger partial charge in [-0.1, -0.05) is 0 Å². The molecule has 0 saturated carbocycles. The molecule has 21 heavy (non-hydrogen) atoms. The summed E-state index contributed by atoms with van der Waals surface area (Å²) >= 11 is 1.45. The fourth-order valence-corrected chi connectivity index (χ4v) is 3.16. The SMILES string of the molecule is Cc1cc(CN2CCC(C(=O)Nc3nccs3)CC2)n[nH]1. The van der Waals surface area contributed by atoms with Crippen molar-refractivity contribution in [1.82, 2.24) is 20.1 Å². The molecule has 0 aliphatic carbocycles. The molecular formula is C14H19N5OS. The lowest BCUT2D eigenvalue weighted by Gasteiger charge is -2.30. The van der Waals surface area contributed by atoms with Crippen LogP contribution in [0.4, 0.5) is 5.13 Å². The molecule has 0 atom stereocenters. The number of anilines is 1. The van der Waals surface area contributed by atoms with Gasteiger partial charge in [-0.3, -0.25) is 14.8 Å². The van der Waals surface area contributed by atoms with Crippen LogP contribution in [0.25, 0.3) is 0 Å². The molecule has 2 aromatic rings. The second kappa shape index (κ2) is 6.36. The van der Waals surface area contributed by atoms with E-state index < -0.39 is 0 Å². The van der Waals surface area contributed by atoms with E-state index in [-0.39, 0.29) is 11.8 Å². The zero-order valence-electron chi connectivity index (χ0n) is 12.0. The fourth-order valence-electron chi connectivity index (χ4n) is 2.63. The minimum Gasteiger partial charge on any atom is -0.302 e. The lowest BCUT2D eigenvalue weighted by molar-refractivity contribution is -0.121. The number of aromatic amines is 1. The number of hydrogen-bond acceptors (Lipinski definition) is 5. The number of carbonyl (C=O) groups is 1. The van der Waals surface area contributed by atoms with Gasteiger partial charge in [0.2, 0.25) is 5.91 Å². The Labute approximate surface area is 127 Å². The third kappa shape index (κ3) is 3.68. The molecule has 0 bridgehead atoms. The number of piperidine rings is 1. The van der Waals surface area contributed by atoms with E-state index in [0.29, 0.717) is 5.13 Å². The summed E-state index contributed by atoms with van der Waals surface area (Å²) in [7, 11) is 0. The fraction of sp³-hybridized carbons (Fsp3) is 0.500. The number of H-pyrrole nitrogens is 1. The first-order valence-electron chi connectivity index (χ1n) is 7.14. The quantitative estimate of drug-likeness (QED) is 0.906. The van der Waals surface area contributed by atoms with Crippen LogP contribution in [-0.4, -0.2) is 39.1 Å². The molecule has 6 nitrogen and oxygen atoms in total. The van der Waals surface area contributed by atoms with E-state index in [2.05, 4.69) is 31.5 Å². The summed E-state index contributed by atoms with van der Waals surface area (Å²) in [6.07, 6.45) is 3.48. The van der Waals surface area contributed by atoms with Crippen molar-refractivity contribution in [3.8, 4) is 0 Å². The normalized spacial score (nSPS) is 17.0. The highest BCUT2D eigenvalue weighted by Crippen LogP contribution is 2.21. The molecule has 1 amide bonds. The van der Waals surface area contributed by atoms with Gasteiger partial charge in [-0.15, -0.1) is 11.3 Å². The van der Waals surface area contributed by atoms with Crippen LogP contribution < -0.4 is 5.32 Å². The Morgan fingerprint density at radius 1 is 1.52 bits per heavy atom. The van der Waals surface area contributed by atoms with Crippen LogP contribution in [0.5, 0.6) is 0 Å². The van der Waals surface area contributed by atoms with E-state index in [9.17, 15) is 4.79 Å². The first-order valence-corrected chi connectivity index (χ1v) is 8.02. The number of thiazole rings is 1. The Bertz CT molecular complexity index is 586. The van der Waals surface area contributed by atoms with Gasteiger partial charge >= 0.3 is 0 Å². The summed E-state index contributed by atoms with van der Waals surface area (Å²) < 4.78 is 0. The van der Waals surface area contributed by atoms with Gasteiger partial charge in [0.05, 0.1) is 5.69 Å². The number of likely N-dealkylation sites (tertiary alicyclic amines) is 1. The molecular weight excluding hydrogens is 286 g/mol. The lowest BCUT2D eigenvalue weighted by Crippen LogP contribution is -2.37. The van der Waals surface area contributed by atoms with E-state index in [4.69, 9.17) is 0 Å². The molecule has 2 N–H and O–H groups in total. The third-order valence-electron chi connectivity index (χ3n) is 3.77.